The minimum absolute atomic E-state index is 0.0815. The lowest BCUT2D eigenvalue weighted by molar-refractivity contribution is -0.129. The van der Waals surface area contributed by atoms with Crippen molar-refractivity contribution >= 4 is 45.8 Å². The zero-order valence-corrected chi connectivity index (χ0v) is 12.2. The number of ether oxygens (including phenoxy) is 1. The van der Waals surface area contributed by atoms with Crippen molar-refractivity contribution in [1.29, 1.82) is 0 Å². The van der Waals surface area contributed by atoms with Gasteiger partial charge in [-0.3, -0.25) is 4.79 Å². The summed E-state index contributed by atoms with van der Waals surface area (Å²) in [6, 6.07) is 4.61. The van der Waals surface area contributed by atoms with Crippen molar-refractivity contribution in [1.82, 2.24) is 5.32 Å². The number of amides is 1. The number of hydrogen-bond acceptors (Lipinski definition) is 3. The smallest absolute Gasteiger partial charge is 0.286 e. The second-order valence-corrected chi connectivity index (χ2v) is 5.24. The van der Waals surface area contributed by atoms with Crippen LogP contribution in [0.2, 0.25) is 0 Å². The molecule has 1 aromatic carbocycles. The second-order valence-electron chi connectivity index (χ2n) is 3.65. The highest BCUT2D eigenvalue weighted by Crippen LogP contribution is 2.22. The van der Waals surface area contributed by atoms with Gasteiger partial charge in [-0.2, -0.15) is 0 Å². The highest BCUT2D eigenvalue weighted by Gasteiger charge is 2.27. The molecule has 1 unspecified atom stereocenters. The fourth-order valence-corrected chi connectivity index (χ4v) is 1.98. The molecular formula is C11H9ClFIN2O2. The summed E-state index contributed by atoms with van der Waals surface area (Å²) in [4.78, 5) is 11.6. The zero-order valence-electron chi connectivity index (χ0n) is 9.26. The standard InChI is InChI=1S/C11H9ClFIN2O2/c1-5-9(12)18-11(10(17)15-5)16-8-3-2-6(14)4-7(8)13/h2-4,11,16H,1H3,(H,15,17). The van der Waals surface area contributed by atoms with Crippen LogP contribution in [0.3, 0.4) is 0 Å². The third kappa shape index (κ3) is 2.86. The van der Waals surface area contributed by atoms with Crippen LogP contribution in [0.4, 0.5) is 10.1 Å². The molecule has 4 nitrogen and oxygen atoms in total. The Labute approximate surface area is 122 Å². The summed E-state index contributed by atoms with van der Waals surface area (Å²) in [6.07, 6.45) is -1.05. The summed E-state index contributed by atoms with van der Waals surface area (Å²) < 4.78 is 19.5. The van der Waals surface area contributed by atoms with Crippen molar-refractivity contribution in [3.63, 3.8) is 0 Å². The lowest BCUT2D eigenvalue weighted by atomic mass is 10.3. The molecule has 0 spiro atoms. The van der Waals surface area contributed by atoms with Gasteiger partial charge in [0.1, 0.15) is 5.82 Å². The Kier molecular flexibility index (Phi) is 3.96. The summed E-state index contributed by atoms with van der Waals surface area (Å²) in [6.45, 7) is 1.61. The van der Waals surface area contributed by atoms with Crippen LogP contribution in [0, 0.1) is 9.39 Å². The van der Waals surface area contributed by atoms with Crippen LogP contribution in [0.1, 0.15) is 6.92 Å². The number of halogens is 3. The molecule has 1 atom stereocenters. The van der Waals surface area contributed by atoms with E-state index in [4.69, 9.17) is 16.3 Å². The third-order valence-electron chi connectivity index (χ3n) is 2.28. The van der Waals surface area contributed by atoms with Crippen LogP contribution >= 0.6 is 34.2 Å². The molecule has 0 fully saturated rings. The SMILES string of the molecule is CC1=C(Cl)OC(Nc2ccc(I)cc2F)C(=O)N1. The van der Waals surface area contributed by atoms with Crippen molar-refractivity contribution in [3.05, 3.63) is 38.5 Å². The second kappa shape index (κ2) is 5.31. The first kappa shape index (κ1) is 13.4. The Morgan fingerprint density at radius 2 is 2.28 bits per heavy atom. The molecule has 1 amide bonds. The van der Waals surface area contributed by atoms with E-state index in [-0.39, 0.29) is 10.9 Å². The van der Waals surface area contributed by atoms with Gasteiger partial charge in [0.25, 0.3) is 12.1 Å². The number of allylic oxidation sites excluding steroid dienone is 1. The molecule has 0 aromatic heterocycles. The van der Waals surface area contributed by atoms with E-state index < -0.39 is 18.0 Å². The van der Waals surface area contributed by atoms with Gasteiger partial charge in [-0.05, 0) is 59.3 Å². The predicted molar refractivity (Wildman–Crippen MR) is 74.3 cm³/mol. The molecule has 1 aromatic rings. The lowest BCUT2D eigenvalue weighted by Crippen LogP contribution is -2.44. The Morgan fingerprint density at radius 1 is 1.56 bits per heavy atom. The van der Waals surface area contributed by atoms with Gasteiger partial charge in [-0.15, -0.1) is 0 Å². The summed E-state index contributed by atoms with van der Waals surface area (Å²) in [5.41, 5.74) is 0.613. The van der Waals surface area contributed by atoms with Crippen molar-refractivity contribution < 1.29 is 13.9 Å². The molecule has 18 heavy (non-hydrogen) atoms. The molecule has 0 aliphatic carbocycles. The predicted octanol–water partition coefficient (Wildman–Crippen LogP) is 2.74. The molecule has 0 saturated heterocycles. The van der Waals surface area contributed by atoms with Gasteiger partial charge in [0.2, 0.25) is 5.22 Å². The van der Waals surface area contributed by atoms with Crippen molar-refractivity contribution in [2.24, 2.45) is 0 Å². The third-order valence-corrected chi connectivity index (χ3v) is 3.33. The van der Waals surface area contributed by atoms with Gasteiger partial charge in [0.15, 0.2) is 0 Å². The van der Waals surface area contributed by atoms with Crippen LogP contribution in [0.5, 0.6) is 0 Å². The fraction of sp³-hybridized carbons (Fsp3) is 0.182. The maximum Gasteiger partial charge on any atom is 0.286 e. The Hall–Kier alpha value is -1.02. The van der Waals surface area contributed by atoms with Gasteiger partial charge in [-0.25, -0.2) is 4.39 Å². The first-order valence-electron chi connectivity index (χ1n) is 5.03. The Bertz CT molecular complexity index is 536. The van der Waals surface area contributed by atoms with E-state index in [1.165, 1.54) is 12.1 Å². The average Bonchev–Trinajstić information content (AvgIpc) is 2.29. The van der Waals surface area contributed by atoms with Crippen LogP contribution in [-0.4, -0.2) is 12.1 Å². The average molecular weight is 383 g/mol. The number of carbonyl (C=O) groups is 1. The molecule has 1 aliphatic rings. The number of nitrogens with one attached hydrogen (secondary N) is 2. The summed E-state index contributed by atoms with van der Waals surface area (Å²) in [5.74, 6) is -0.879. The van der Waals surface area contributed by atoms with E-state index in [9.17, 15) is 9.18 Å². The summed E-state index contributed by atoms with van der Waals surface area (Å²) in [7, 11) is 0. The minimum Gasteiger partial charge on any atom is -0.448 e. The number of hydrogen-bond donors (Lipinski definition) is 2. The van der Waals surface area contributed by atoms with E-state index in [0.29, 0.717) is 5.70 Å². The molecule has 96 valence electrons. The molecule has 2 rings (SSSR count). The molecule has 0 radical (unpaired) electrons. The molecule has 0 bridgehead atoms. The van der Waals surface area contributed by atoms with E-state index in [1.807, 2.05) is 22.6 Å². The molecule has 1 aliphatic heterocycles. The van der Waals surface area contributed by atoms with Crippen molar-refractivity contribution in [2.75, 3.05) is 5.32 Å². The highest BCUT2D eigenvalue weighted by molar-refractivity contribution is 14.1. The van der Waals surface area contributed by atoms with E-state index in [2.05, 4.69) is 10.6 Å². The van der Waals surface area contributed by atoms with Crippen LogP contribution < -0.4 is 10.6 Å². The summed E-state index contributed by atoms with van der Waals surface area (Å²) >= 11 is 7.76. The van der Waals surface area contributed by atoms with Crippen molar-refractivity contribution in [2.45, 2.75) is 13.2 Å². The van der Waals surface area contributed by atoms with Crippen LogP contribution in [-0.2, 0) is 9.53 Å². The number of rotatable bonds is 2. The number of anilines is 1. The number of benzene rings is 1. The van der Waals surface area contributed by atoms with Gasteiger partial charge < -0.3 is 15.4 Å². The summed E-state index contributed by atoms with van der Waals surface area (Å²) in [5, 5.41) is 5.25. The lowest BCUT2D eigenvalue weighted by Gasteiger charge is -2.25. The zero-order chi connectivity index (χ0) is 13.3. The van der Waals surface area contributed by atoms with E-state index >= 15 is 0 Å². The minimum atomic E-state index is -1.05. The van der Waals surface area contributed by atoms with Crippen molar-refractivity contribution in [3.8, 4) is 0 Å². The van der Waals surface area contributed by atoms with Crippen LogP contribution in [0.25, 0.3) is 0 Å². The highest BCUT2D eigenvalue weighted by atomic mass is 127. The van der Waals surface area contributed by atoms with E-state index in [0.717, 1.165) is 3.57 Å². The molecule has 1 heterocycles. The number of carbonyl (C=O) groups excluding carboxylic acids is 1. The van der Waals surface area contributed by atoms with Gasteiger partial charge in [0.05, 0.1) is 11.4 Å². The Balaban J connectivity index is 2.17. The first-order valence-corrected chi connectivity index (χ1v) is 6.48. The largest absolute Gasteiger partial charge is 0.448 e. The van der Waals surface area contributed by atoms with Gasteiger partial charge >= 0.3 is 0 Å². The van der Waals surface area contributed by atoms with Gasteiger partial charge in [0, 0.05) is 3.57 Å². The molecule has 7 heteroatoms. The molecule has 2 N–H and O–H groups in total. The van der Waals surface area contributed by atoms with E-state index in [1.54, 1.807) is 13.0 Å². The molecular weight excluding hydrogens is 373 g/mol. The quantitative estimate of drug-likeness (QED) is 0.774. The first-order chi connectivity index (χ1) is 8.47. The fourth-order valence-electron chi connectivity index (χ4n) is 1.39. The topological polar surface area (TPSA) is 50.4 Å². The maximum atomic E-state index is 13.6. The van der Waals surface area contributed by atoms with Crippen LogP contribution in [0.15, 0.2) is 29.1 Å². The maximum absolute atomic E-state index is 13.6. The monoisotopic (exact) mass is 382 g/mol. The molecule has 0 saturated carbocycles. The normalized spacial score (nSPS) is 19.3. The van der Waals surface area contributed by atoms with Gasteiger partial charge in [-0.1, -0.05) is 0 Å². The Morgan fingerprint density at radius 3 is 2.94 bits per heavy atom.